The first-order valence-corrected chi connectivity index (χ1v) is 7.77. The van der Waals surface area contributed by atoms with Gasteiger partial charge in [0.1, 0.15) is 0 Å². The number of hydrogen-bond donors (Lipinski definition) is 1. The standard InChI is InChI=1S/C19H25N/c1-14-10-18(13-19(2,3)12-14)20-17-9-8-15-6-4-5-7-16(15)11-17/h4-9,11,14,18,20H,10,12-13H2,1-3H3. The number of nitrogens with one attached hydrogen (secondary N) is 1. The second kappa shape index (κ2) is 5.12. The van der Waals surface area contributed by atoms with Crippen LogP contribution in [0.1, 0.15) is 40.0 Å². The molecule has 0 aliphatic heterocycles. The van der Waals surface area contributed by atoms with Crippen molar-refractivity contribution < 1.29 is 0 Å². The summed E-state index contributed by atoms with van der Waals surface area (Å²) in [7, 11) is 0. The van der Waals surface area contributed by atoms with E-state index < -0.39 is 0 Å². The minimum Gasteiger partial charge on any atom is -0.382 e. The molecule has 2 aromatic carbocycles. The van der Waals surface area contributed by atoms with Crippen molar-refractivity contribution in [1.29, 1.82) is 0 Å². The van der Waals surface area contributed by atoms with E-state index in [-0.39, 0.29) is 0 Å². The van der Waals surface area contributed by atoms with Gasteiger partial charge in [-0.15, -0.1) is 0 Å². The van der Waals surface area contributed by atoms with Gasteiger partial charge in [0.15, 0.2) is 0 Å². The van der Waals surface area contributed by atoms with E-state index >= 15 is 0 Å². The van der Waals surface area contributed by atoms with Gasteiger partial charge in [0.05, 0.1) is 0 Å². The van der Waals surface area contributed by atoms with Gasteiger partial charge in [0.2, 0.25) is 0 Å². The van der Waals surface area contributed by atoms with E-state index in [4.69, 9.17) is 0 Å². The molecule has 2 unspecified atom stereocenters. The van der Waals surface area contributed by atoms with Crippen LogP contribution in [0.2, 0.25) is 0 Å². The molecule has 1 aliphatic rings. The fourth-order valence-corrected chi connectivity index (χ4v) is 3.97. The van der Waals surface area contributed by atoms with E-state index in [1.807, 2.05) is 0 Å². The fourth-order valence-electron chi connectivity index (χ4n) is 3.97. The Kier molecular flexibility index (Phi) is 3.45. The lowest BCUT2D eigenvalue weighted by atomic mass is 9.70. The van der Waals surface area contributed by atoms with Crippen molar-refractivity contribution in [2.75, 3.05) is 5.32 Å². The fraction of sp³-hybridized carbons (Fsp3) is 0.474. The van der Waals surface area contributed by atoms with Crippen molar-refractivity contribution in [2.24, 2.45) is 11.3 Å². The van der Waals surface area contributed by atoms with E-state index in [9.17, 15) is 0 Å². The normalized spacial score (nSPS) is 25.6. The predicted octanol–water partition coefficient (Wildman–Crippen LogP) is 5.47. The summed E-state index contributed by atoms with van der Waals surface area (Å²) in [5, 5.41) is 6.39. The highest BCUT2D eigenvalue weighted by atomic mass is 14.9. The summed E-state index contributed by atoms with van der Waals surface area (Å²) in [6.45, 7) is 7.19. The molecule has 0 bridgehead atoms. The summed E-state index contributed by atoms with van der Waals surface area (Å²) in [4.78, 5) is 0. The second-order valence-electron chi connectivity index (χ2n) is 7.32. The van der Waals surface area contributed by atoms with E-state index in [1.54, 1.807) is 0 Å². The molecule has 2 aromatic rings. The van der Waals surface area contributed by atoms with Gasteiger partial charge in [-0.1, -0.05) is 51.1 Å². The average molecular weight is 267 g/mol. The Morgan fingerprint density at radius 2 is 1.75 bits per heavy atom. The molecule has 2 atom stereocenters. The maximum atomic E-state index is 3.76. The lowest BCUT2D eigenvalue weighted by Crippen LogP contribution is -2.35. The van der Waals surface area contributed by atoms with Crippen LogP contribution in [0.25, 0.3) is 10.8 Å². The molecule has 1 fully saturated rings. The third-order valence-electron chi connectivity index (χ3n) is 4.51. The molecule has 0 spiro atoms. The molecule has 106 valence electrons. The molecule has 1 aliphatic carbocycles. The molecule has 0 heterocycles. The van der Waals surface area contributed by atoms with Gasteiger partial charge in [0.25, 0.3) is 0 Å². The number of fused-ring (bicyclic) bond motifs is 1. The van der Waals surface area contributed by atoms with Crippen LogP contribution in [-0.2, 0) is 0 Å². The van der Waals surface area contributed by atoms with Crippen LogP contribution in [0, 0.1) is 11.3 Å². The van der Waals surface area contributed by atoms with Crippen molar-refractivity contribution in [3.63, 3.8) is 0 Å². The average Bonchev–Trinajstić information content (AvgIpc) is 2.36. The number of anilines is 1. The maximum absolute atomic E-state index is 3.76. The molecule has 0 radical (unpaired) electrons. The summed E-state index contributed by atoms with van der Waals surface area (Å²) >= 11 is 0. The minimum absolute atomic E-state index is 0.464. The zero-order valence-electron chi connectivity index (χ0n) is 12.8. The molecule has 0 aromatic heterocycles. The lowest BCUT2D eigenvalue weighted by Gasteiger charge is -2.39. The van der Waals surface area contributed by atoms with Crippen molar-refractivity contribution in [3.05, 3.63) is 42.5 Å². The molecule has 1 nitrogen and oxygen atoms in total. The molecule has 0 saturated heterocycles. The summed E-state index contributed by atoms with van der Waals surface area (Å²) in [5.74, 6) is 0.816. The van der Waals surface area contributed by atoms with Crippen LogP contribution in [0.4, 0.5) is 5.69 Å². The van der Waals surface area contributed by atoms with E-state index in [0.29, 0.717) is 11.5 Å². The van der Waals surface area contributed by atoms with Crippen LogP contribution in [0.15, 0.2) is 42.5 Å². The van der Waals surface area contributed by atoms with Crippen LogP contribution < -0.4 is 5.32 Å². The molecular weight excluding hydrogens is 242 g/mol. The van der Waals surface area contributed by atoms with Gasteiger partial charge in [-0.2, -0.15) is 0 Å². The summed E-state index contributed by atoms with van der Waals surface area (Å²) in [6, 6.07) is 15.9. The van der Waals surface area contributed by atoms with Crippen molar-refractivity contribution in [1.82, 2.24) is 0 Å². The quantitative estimate of drug-likeness (QED) is 0.761. The van der Waals surface area contributed by atoms with Gasteiger partial charge in [-0.25, -0.2) is 0 Å². The SMILES string of the molecule is CC1CC(Nc2ccc3ccccc3c2)CC(C)(C)C1. The van der Waals surface area contributed by atoms with E-state index in [1.165, 1.54) is 35.7 Å². The van der Waals surface area contributed by atoms with Crippen molar-refractivity contribution in [3.8, 4) is 0 Å². The van der Waals surface area contributed by atoms with Gasteiger partial charge in [0, 0.05) is 11.7 Å². The Morgan fingerprint density at radius 1 is 1.00 bits per heavy atom. The molecule has 3 rings (SSSR count). The van der Waals surface area contributed by atoms with Crippen molar-refractivity contribution in [2.45, 2.75) is 46.1 Å². The minimum atomic E-state index is 0.464. The molecule has 1 N–H and O–H groups in total. The maximum Gasteiger partial charge on any atom is 0.0348 e. The Morgan fingerprint density at radius 3 is 2.50 bits per heavy atom. The first-order chi connectivity index (χ1) is 9.52. The highest BCUT2D eigenvalue weighted by molar-refractivity contribution is 5.85. The Labute approximate surface area is 122 Å². The zero-order valence-corrected chi connectivity index (χ0v) is 12.8. The van der Waals surface area contributed by atoms with Gasteiger partial charge in [-0.05, 0) is 53.5 Å². The Balaban J connectivity index is 1.78. The summed E-state index contributed by atoms with van der Waals surface area (Å²) < 4.78 is 0. The molecular formula is C19H25N. The molecule has 20 heavy (non-hydrogen) atoms. The van der Waals surface area contributed by atoms with Crippen LogP contribution in [-0.4, -0.2) is 6.04 Å². The Bertz CT molecular complexity index is 599. The van der Waals surface area contributed by atoms with Gasteiger partial charge in [-0.3, -0.25) is 0 Å². The first-order valence-electron chi connectivity index (χ1n) is 7.77. The van der Waals surface area contributed by atoms with Gasteiger partial charge >= 0.3 is 0 Å². The third-order valence-corrected chi connectivity index (χ3v) is 4.51. The van der Waals surface area contributed by atoms with E-state index in [0.717, 1.165) is 5.92 Å². The smallest absolute Gasteiger partial charge is 0.0348 e. The number of rotatable bonds is 2. The van der Waals surface area contributed by atoms with Crippen LogP contribution >= 0.6 is 0 Å². The molecule has 0 amide bonds. The third kappa shape index (κ3) is 2.98. The van der Waals surface area contributed by atoms with Crippen LogP contribution in [0.3, 0.4) is 0 Å². The molecule has 1 heteroatoms. The second-order valence-corrected chi connectivity index (χ2v) is 7.32. The Hall–Kier alpha value is -1.50. The van der Waals surface area contributed by atoms with Crippen LogP contribution in [0.5, 0.6) is 0 Å². The monoisotopic (exact) mass is 267 g/mol. The van der Waals surface area contributed by atoms with E-state index in [2.05, 4.69) is 68.6 Å². The zero-order chi connectivity index (χ0) is 14.2. The number of hydrogen-bond acceptors (Lipinski definition) is 1. The lowest BCUT2D eigenvalue weighted by molar-refractivity contribution is 0.178. The highest BCUT2D eigenvalue weighted by Crippen LogP contribution is 2.39. The molecule has 1 saturated carbocycles. The first kappa shape index (κ1) is 13.5. The topological polar surface area (TPSA) is 12.0 Å². The van der Waals surface area contributed by atoms with Crippen molar-refractivity contribution >= 4 is 16.5 Å². The highest BCUT2D eigenvalue weighted by Gasteiger charge is 2.31. The predicted molar refractivity (Wildman–Crippen MR) is 88.2 cm³/mol. The largest absolute Gasteiger partial charge is 0.382 e. The summed E-state index contributed by atoms with van der Waals surface area (Å²) in [5.41, 5.74) is 1.73. The number of benzene rings is 2. The summed E-state index contributed by atoms with van der Waals surface area (Å²) in [6.07, 6.45) is 3.91. The van der Waals surface area contributed by atoms with Gasteiger partial charge < -0.3 is 5.32 Å².